The van der Waals surface area contributed by atoms with E-state index in [0.717, 1.165) is 5.69 Å². The van der Waals surface area contributed by atoms with Gasteiger partial charge in [0.05, 0.1) is 24.7 Å². The molecule has 0 radical (unpaired) electrons. The Morgan fingerprint density at radius 1 is 1.18 bits per heavy atom. The lowest BCUT2D eigenvalue weighted by atomic mass is 10.3. The summed E-state index contributed by atoms with van der Waals surface area (Å²) in [5, 5.41) is 8.86. The van der Waals surface area contributed by atoms with Gasteiger partial charge in [-0.05, 0) is 24.3 Å². The van der Waals surface area contributed by atoms with Crippen molar-refractivity contribution in [1.29, 1.82) is 0 Å². The molecule has 0 unspecified atom stereocenters. The van der Waals surface area contributed by atoms with Crippen LogP contribution in [0.2, 0.25) is 0 Å². The van der Waals surface area contributed by atoms with Crippen molar-refractivity contribution in [2.24, 2.45) is 0 Å². The number of aliphatic hydroxyl groups is 1. The number of hydrogen-bond donors (Lipinski definition) is 1. The Kier molecular flexibility index (Phi) is 3.30. The van der Waals surface area contributed by atoms with Crippen molar-refractivity contribution >= 4 is 11.5 Å². The van der Waals surface area contributed by atoms with Gasteiger partial charge in [0.1, 0.15) is 5.82 Å². The molecule has 0 spiro atoms. The lowest BCUT2D eigenvalue weighted by molar-refractivity contribution is 0.276. The summed E-state index contributed by atoms with van der Waals surface area (Å²) < 4.78 is 12.8. The van der Waals surface area contributed by atoms with Gasteiger partial charge < -0.3 is 10.0 Å². The largest absolute Gasteiger partial charge is 0.390 e. The van der Waals surface area contributed by atoms with Gasteiger partial charge in [0.2, 0.25) is 0 Å². The summed E-state index contributed by atoms with van der Waals surface area (Å²) in [4.78, 5) is 9.98. The zero-order valence-electron chi connectivity index (χ0n) is 9.34. The number of benzene rings is 1. The van der Waals surface area contributed by atoms with Crippen LogP contribution in [0.5, 0.6) is 0 Å². The van der Waals surface area contributed by atoms with Gasteiger partial charge in [0, 0.05) is 12.7 Å². The second-order valence-corrected chi connectivity index (χ2v) is 3.56. The van der Waals surface area contributed by atoms with Gasteiger partial charge >= 0.3 is 0 Å². The molecular weight excluding hydrogens is 221 g/mol. The average Bonchev–Trinajstić information content (AvgIpc) is 2.39. The van der Waals surface area contributed by atoms with E-state index >= 15 is 0 Å². The molecule has 1 N–H and O–H groups in total. The summed E-state index contributed by atoms with van der Waals surface area (Å²) in [5.74, 6) is 0.359. The van der Waals surface area contributed by atoms with Crippen molar-refractivity contribution in [3.8, 4) is 0 Å². The molecule has 0 amide bonds. The normalized spacial score (nSPS) is 10.3. The topological polar surface area (TPSA) is 49.2 Å². The SMILES string of the molecule is CN(c1ccc(F)cc1)c1cnc(CO)cn1. The highest BCUT2D eigenvalue weighted by Gasteiger charge is 2.05. The Bertz CT molecular complexity index is 484. The van der Waals surface area contributed by atoms with Gasteiger partial charge in [-0.2, -0.15) is 0 Å². The van der Waals surface area contributed by atoms with E-state index in [2.05, 4.69) is 9.97 Å². The molecule has 0 atom stereocenters. The first kappa shape index (κ1) is 11.5. The maximum Gasteiger partial charge on any atom is 0.151 e. The van der Waals surface area contributed by atoms with Crippen LogP contribution in [0.3, 0.4) is 0 Å². The highest BCUT2D eigenvalue weighted by atomic mass is 19.1. The van der Waals surface area contributed by atoms with Crippen molar-refractivity contribution in [3.05, 3.63) is 48.2 Å². The third-order valence-corrected chi connectivity index (χ3v) is 2.41. The predicted molar refractivity (Wildman–Crippen MR) is 62.4 cm³/mol. The van der Waals surface area contributed by atoms with E-state index in [0.29, 0.717) is 11.5 Å². The molecule has 1 aromatic heterocycles. The third-order valence-electron chi connectivity index (χ3n) is 2.41. The van der Waals surface area contributed by atoms with Gasteiger partial charge in [-0.15, -0.1) is 0 Å². The van der Waals surface area contributed by atoms with Crippen molar-refractivity contribution < 1.29 is 9.50 Å². The highest BCUT2D eigenvalue weighted by molar-refractivity contribution is 5.57. The van der Waals surface area contributed by atoms with Crippen LogP contribution < -0.4 is 4.90 Å². The molecule has 0 bridgehead atoms. The molecule has 0 saturated heterocycles. The van der Waals surface area contributed by atoms with Crippen LogP contribution in [0, 0.1) is 5.82 Å². The van der Waals surface area contributed by atoms with Gasteiger partial charge in [-0.1, -0.05) is 0 Å². The van der Waals surface area contributed by atoms with Crippen LogP contribution >= 0.6 is 0 Å². The first-order valence-electron chi connectivity index (χ1n) is 5.12. The minimum absolute atomic E-state index is 0.131. The number of hydrogen-bond acceptors (Lipinski definition) is 4. The number of nitrogens with zero attached hydrogens (tertiary/aromatic N) is 3. The van der Waals surface area contributed by atoms with E-state index in [4.69, 9.17) is 5.11 Å². The average molecular weight is 233 g/mol. The van der Waals surface area contributed by atoms with Crippen LogP contribution in [0.25, 0.3) is 0 Å². The Morgan fingerprint density at radius 2 is 1.88 bits per heavy atom. The molecule has 2 aromatic rings. The molecule has 1 heterocycles. The van der Waals surface area contributed by atoms with Crippen molar-refractivity contribution in [3.63, 3.8) is 0 Å². The molecule has 2 rings (SSSR count). The monoisotopic (exact) mass is 233 g/mol. The molecule has 88 valence electrons. The first-order chi connectivity index (χ1) is 8.20. The fourth-order valence-electron chi connectivity index (χ4n) is 1.40. The predicted octanol–water partition coefficient (Wildman–Crippen LogP) is 1.88. The first-order valence-corrected chi connectivity index (χ1v) is 5.12. The Balaban J connectivity index is 2.23. The molecule has 0 aliphatic carbocycles. The van der Waals surface area contributed by atoms with Crippen LogP contribution in [-0.4, -0.2) is 22.1 Å². The van der Waals surface area contributed by atoms with Crippen molar-refractivity contribution in [2.75, 3.05) is 11.9 Å². The van der Waals surface area contributed by atoms with Crippen molar-refractivity contribution in [1.82, 2.24) is 9.97 Å². The molecule has 17 heavy (non-hydrogen) atoms. The van der Waals surface area contributed by atoms with Gasteiger partial charge in [-0.3, -0.25) is 4.98 Å². The van der Waals surface area contributed by atoms with E-state index in [9.17, 15) is 4.39 Å². The maximum atomic E-state index is 12.8. The van der Waals surface area contributed by atoms with Gasteiger partial charge in [0.25, 0.3) is 0 Å². The molecular formula is C12H12FN3O. The summed E-state index contributed by atoms with van der Waals surface area (Å²) in [6, 6.07) is 6.11. The van der Waals surface area contributed by atoms with E-state index in [1.54, 1.807) is 23.2 Å². The molecule has 0 fully saturated rings. The quantitative estimate of drug-likeness (QED) is 0.879. The van der Waals surface area contributed by atoms with E-state index in [1.165, 1.54) is 18.3 Å². The molecule has 5 heteroatoms. The van der Waals surface area contributed by atoms with Gasteiger partial charge in [0.15, 0.2) is 5.82 Å². The second-order valence-electron chi connectivity index (χ2n) is 3.56. The Labute approximate surface area is 98.4 Å². The third kappa shape index (κ3) is 2.57. The minimum Gasteiger partial charge on any atom is -0.390 e. The van der Waals surface area contributed by atoms with Crippen molar-refractivity contribution in [2.45, 2.75) is 6.61 Å². The summed E-state index contributed by atoms with van der Waals surface area (Å²) in [6.45, 7) is -0.131. The number of halogens is 1. The molecule has 4 nitrogen and oxygen atoms in total. The minimum atomic E-state index is -0.274. The summed E-state index contributed by atoms with van der Waals surface area (Å²) in [5.41, 5.74) is 1.33. The highest BCUT2D eigenvalue weighted by Crippen LogP contribution is 2.20. The van der Waals surface area contributed by atoms with Crippen LogP contribution in [0.4, 0.5) is 15.9 Å². The zero-order chi connectivity index (χ0) is 12.3. The van der Waals surface area contributed by atoms with E-state index in [1.807, 2.05) is 7.05 Å². The summed E-state index contributed by atoms with van der Waals surface area (Å²) >= 11 is 0. The van der Waals surface area contributed by atoms with Gasteiger partial charge in [-0.25, -0.2) is 9.37 Å². The number of rotatable bonds is 3. The number of anilines is 2. The lowest BCUT2D eigenvalue weighted by Crippen LogP contribution is -2.11. The zero-order valence-corrected chi connectivity index (χ0v) is 9.34. The van der Waals surface area contributed by atoms with Crippen LogP contribution in [0.15, 0.2) is 36.7 Å². The number of aliphatic hydroxyl groups excluding tert-OH is 1. The summed E-state index contributed by atoms with van der Waals surface area (Å²) in [6.07, 6.45) is 3.07. The molecule has 0 aliphatic heterocycles. The van der Waals surface area contributed by atoms with E-state index in [-0.39, 0.29) is 12.4 Å². The Hall–Kier alpha value is -2.01. The molecule has 1 aromatic carbocycles. The fourth-order valence-corrected chi connectivity index (χ4v) is 1.40. The second kappa shape index (κ2) is 4.88. The lowest BCUT2D eigenvalue weighted by Gasteiger charge is -2.17. The summed E-state index contributed by atoms with van der Waals surface area (Å²) in [7, 11) is 1.82. The molecule has 0 aliphatic rings. The molecule has 0 saturated carbocycles. The Morgan fingerprint density at radius 3 is 2.41 bits per heavy atom. The fraction of sp³-hybridized carbons (Fsp3) is 0.167. The standard InChI is InChI=1S/C12H12FN3O/c1-16(11-4-2-9(13)3-5-11)12-7-14-10(8-17)6-15-12/h2-7,17H,8H2,1H3. The maximum absolute atomic E-state index is 12.8. The van der Waals surface area contributed by atoms with E-state index < -0.39 is 0 Å². The van der Waals surface area contributed by atoms with Crippen LogP contribution in [0.1, 0.15) is 5.69 Å². The number of aromatic nitrogens is 2. The van der Waals surface area contributed by atoms with Crippen LogP contribution in [-0.2, 0) is 6.61 Å². The smallest absolute Gasteiger partial charge is 0.151 e.